The quantitative estimate of drug-likeness (QED) is 0.783. The fourth-order valence-corrected chi connectivity index (χ4v) is 2.54. The average molecular weight is 233 g/mol. The van der Waals surface area contributed by atoms with Gasteiger partial charge in [-0.1, -0.05) is 30.3 Å². The Morgan fingerprint density at radius 2 is 1.82 bits per heavy atom. The van der Waals surface area contributed by atoms with Crippen LogP contribution in [0.3, 0.4) is 0 Å². The lowest BCUT2D eigenvalue weighted by atomic mass is 9.84. The molecule has 3 heteroatoms. The molecule has 1 aromatic carbocycles. The van der Waals surface area contributed by atoms with Crippen LogP contribution in [0.5, 0.6) is 0 Å². The van der Waals surface area contributed by atoms with Crippen molar-refractivity contribution < 1.29 is 9.53 Å². The molecule has 0 bridgehead atoms. The molecule has 17 heavy (non-hydrogen) atoms. The molecule has 3 nitrogen and oxygen atoms in total. The van der Waals surface area contributed by atoms with Crippen LogP contribution in [0.4, 0.5) is 0 Å². The standard InChI is InChI=1S/C14H19NO2/c1-12(16)15-10-8-14(17-2,9-11-15)13-6-4-3-5-7-13/h3-7H,8-11H2,1-2H3. The number of piperidine rings is 1. The van der Waals surface area contributed by atoms with Gasteiger partial charge in [-0.05, 0) is 18.4 Å². The monoisotopic (exact) mass is 233 g/mol. The molecule has 0 N–H and O–H groups in total. The van der Waals surface area contributed by atoms with Gasteiger partial charge in [0.1, 0.15) is 0 Å². The van der Waals surface area contributed by atoms with Crippen LogP contribution in [0.15, 0.2) is 30.3 Å². The maximum Gasteiger partial charge on any atom is 0.219 e. The van der Waals surface area contributed by atoms with Gasteiger partial charge in [0.15, 0.2) is 0 Å². The second-order valence-corrected chi connectivity index (χ2v) is 4.57. The SMILES string of the molecule is COC1(c2ccccc2)CCN(C(C)=O)CC1. The molecule has 1 aliphatic heterocycles. The van der Waals surface area contributed by atoms with E-state index in [1.807, 2.05) is 23.1 Å². The molecule has 0 radical (unpaired) electrons. The van der Waals surface area contributed by atoms with Crippen molar-refractivity contribution in [2.75, 3.05) is 20.2 Å². The molecule has 2 rings (SSSR count). The summed E-state index contributed by atoms with van der Waals surface area (Å²) >= 11 is 0. The zero-order valence-corrected chi connectivity index (χ0v) is 10.5. The highest BCUT2D eigenvalue weighted by molar-refractivity contribution is 5.73. The van der Waals surface area contributed by atoms with Crippen LogP contribution in [-0.4, -0.2) is 31.0 Å². The smallest absolute Gasteiger partial charge is 0.219 e. The lowest BCUT2D eigenvalue weighted by Gasteiger charge is -2.41. The Balaban J connectivity index is 2.16. The van der Waals surface area contributed by atoms with E-state index in [0.29, 0.717) is 0 Å². The van der Waals surface area contributed by atoms with Crippen LogP contribution in [0.25, 0.3) is 0 Å². The number of hydrogen-bond donors (Lipinski definition) is 0. The molecule has 0 spiro atoms. The first kappa shape index (κ1) is 12.1. The third-order valence-corrected chi connectivity index (χ3v) is 3.71. The highest BCUT2D eigenvalue weighted by atomic mass is 16.5. The fraction of sp³-hybridized carbons (Fsp3) is 0.500. The number of nitrogens with zero attached hydrogens (tertiary/aromatic N) is 1. The number of methoxy groups -OCH3 is 1. The number of benzene rings is 1. The first-order chi connectivity index (χ1) is 8.18. The molecule has 1 aliphatic rings. The highest BCUT2D eigenvalue weighted by Gasteiger charge is 2.36. The van der Waals surface area contributed by atoms with Gasteiger partial charge in [0.25, 0.3) is 0 Å². The van der Waals surface area contributed by atoms with Crippen molar-refractivity contribution in [1.82, 2.24) is 4.90 Å². The molecule has 1 fully saturated rings. The maximum absolute atomic E-state index is 11.3. The van der Waals surface area contributed by atoms with Gasteiger partial charge in [0.2, 0.25) is 5.91 Å². The lowest BCUT2D eigenvalue weighted by Crippen LogP contribution is -2.45. The second kappa shape index (κ2) is 4.88. The normalized spacial score (nSPS) is 19.1. The van der Waals surface area contributed by atoms with E-state index in [1.54, 1.807) is 14.0 Å². The van der Waals surface area contributed by atoms with Crippen molar-refractivity contribution in [3.63, 3.8) is 0 Å². The minimum absolute atomic E-state index is 0.155. The Morgan fingerprint density at radius 3 is 2.29 bits per heavy atom. The molecule has 0 saturated carbocycles. The van der Waals surface area contributed by atoms with Crippen molar-refractivity contribution in [2.24, 2.45) is 0 Å². The van der Waals surface area contributed by atoms with Gasteiger partial charge in [-0.15, -0.1) is 0 Å². The minimum atomic E-state index is -0.215. The summed E-state index contributed by atoms with van der Waals surface area (Å²) in [5.74, 6) is 0.155. The predicted molar refractivity (Wildman–Crippen MR) is 66.6 cm³/mol. The summed E-state index contributed by atoms with van der Waals surface area (Å²) in [6.07, 6.45) is 1.74. The Labute approximate surface area is 102 Å². The van der Waals surface area contributed by atoms with Gasteiger partial charge in [0, 0.05) is 27.1 Å². The zero-order valence-electron chi connectivity index (χ0n) is 10.5. The molecule has 1 aromatic rings. The number of amides is 1. The first-order valence-corrected chi connectivity index (χ1v) is 6.04. The zero-order chi connectivity index (χ0) is 12.3. The number of carbonyl (C=O) groups is 1. The molecule has 92 valence electrons. The average Bonchev–Trinajstić information content (AvgIpc) is 2.40. The molecule has 1 saturated heterocycles. The largest absolute Gasteiger partial charge is 0.373 e. The fourth-order valence-electron chi connectivity index (χ4n) is 2.54. The summed E-state index contributed by atoms with van der Waals surface area (Å²) in [4.78, 5) is 13.2. The number of ether oxygens (including phenoxy) is 1. The van der Waals surface area contributed by atoms with Gasteiger partial charge in [-0.3, -0.25) is 4.79 Å². The van der Waals surface area contributed by atoms with Crippen LogP contribution >= 0.6 is 0 Å². The van der Waals surface area contributed by atoms with E-state index < -0.39 is 0 Å². The predicted octanol–water partition coefficient (Wildman–Crippen LogP) is 2.17. The van der Waals surface area contributed by atoms with Gasteiger partial charge in [-0.25, -0.2) is 0 Å². The minimum Gasteiger partial charge on any atom is -0.373 e. The van der Waals surface area contributed by atoms with Crippen LogP contribution in [0.1, 0.15) is 25.3 Å². The van der Waals surface area contributed by atoms with Crippen LogP contribution in [0.2, 0.25) is 0 Å². The molecule has 0 atom stereocenters. The van der Waals surface area contributed by atoms with E-state index in [0.717, 1.165) is 25.9 Å². The Morgan fingerprint density at radius 1 is 1.24 bits per heavy atom. The van der Waals surface area contributed by atoms with E-state index in [-0.39, 0.29) is 11.5 Å². The molecule has 0 aromatic heterocycles. The van der Waals surface area contributed by atoms with Crippen LogP contribution < -0.4 is 0 Å². The Bertz CT molecular complexity index is 380. The topological polar surface area (TPSA) is 29.5 Å². The van der Waals surface area contributed by atoms with Crippen molar-refractivity contribution in [3.05, 3.63) is 35.9 Å². The van der Waals surface area contributed by atoms with Gasteiger partial charge < -0.3 is 9.64 Å². The summed E-state index contributed by atoms with van der Waals surface area (Å²) < 4.78 is 5.75. The third kappa shape index (κ3) is 2.34. The molecular weight excluding hydrogens is 214 g/mol. The molecule has 0 aliphatic carbocycles. The molecule has 1 heterocycles. The van der Waals surface area contributed by atoms with E-state index >= 15 is 0 Å². The summed E-state index contributed by atoms with van der Waals surface area (Å²) in [5, 5.41) is 0. The second-order valence-electron chi connectivity index (χ2n) is 4.57. The first-order valence-electron chi connectivity index (χ1n) is 6.04. The summed E-state index contributed by atoms with van der Waals surface area (Å²) in [6.45, 7) is 3.18. The van der Waals surface area contributed by atoms with Crippen LogP contribution in [0, 0.1) is 0 Å². The van der Waals surface area contributed by atoms with E-state index in [2.05, 4.69) is 12.1 Å². The van der Waals surface area contributed by atoms with E-state index in [1.165, 1.54) is 5.56 Å². The van der Waals surface area contributed by atoms with E-state index in [4.69, 9.17) is 4.74 Å². The molecule has 1 amide bonds. The number of rotatable bonds is 2. The van der Waals surface area contributed by atoms with Crippen molar-refractivity contribution in [2.45, 2.75) is 25.4 Å². The van der Waals surface area contributed by atoms with Gasteiger partial charge in [0.05, 0.1) is 5.60 Å². The summed E-state index contributed by atoms with van der Waals surface area (Å²) in [7, 11) is 1.76. The number of carbonyl (C=O) groups excluding carboxylic acids is 1. The Kier molecular flexibility index (Phi) is 3.48. The Hall–Kier alpha value is -1.35. The van der Waals surface area contributed by atoms with Crippen molar-refractivity contribution >= 4 is 5.91 Å². The summed E-state index contributed by atoms with van der Waals surface area (Å²) in [5.41, 5.74) is 0.999. The number of likely N-dealkylation sites (tertiary alicyclic amines) is 1. The van der Waals surface area contributed by atoms with Crippen molar-refractivity contribution in [3.8, 4) is 0 Å². The molecular formula is C14H19NO2. The number of hydrogen-bond acceptors (Lipinski definition) is 2. The van der Waals surface area contributed by atoms with Crippen LogP contribution in [-0.2, 0) is 15.1 Å². The van der Waals surface area contributed by atoms with Gasteiger partial charge in [-0.2, -0.15) is 0 Å². The van der Waals surface area contributed by atoms with Gasteiger partial charge >= 0.3 is 0 Å². The third-order valence-electron chi connectivity index (χ3n) is 3.71. The summed E-state index contributed by atoms with van der Waals surface area (Å²) in [6, 6.07) is 10.3. The molecule has 0 unspecified atom stereocenters. The highest BCUT2D eigenvalue weighted by Crippen LogP contribution is 2.35. The van der Waals surface area contributed by atoms with Crippen molar-refractivity contribution in [1.29, 1.82) is 0 Å². The lowest BCUT2D eigenvalue weighted by molar-refractivity contribution is -0.135. The van der Waals surface area contributed by atoms with E-state index in [9.17, 15) is 4.79 Å². The maximum atomic E-state index is 11.3.